The highest BCUT2D eigenvalue weighted by molar-refractivity contribution is 5.77. The number of halogens is 3. The summed E-state index contributed by atoms with van der Waals surface area (Å²) < 4.78 is 42.5. The predicted molar refractivity (Wildman–Crippen MR) is 106 cm³/mol. The zero-order valence-corrected chi connectivity index (χ0v) is 16.1. The fourth-order valence-corrected chi connectivity index (χ4v) is 3.52. The first-order valence-corrected chi connectivity index (χ1v) is 9.48. The van der Waals surface area contributed by atoms with Gasteiger partial charge in [0.25, 0.3) is 0 Å². The van der Waals surface area contributed by atoms with Crippen molar-refractivity contribution in [3.05, 3.63) is 64.3 Å². The van der Waals surface area contributed by atoms with Gasteiger partial charge < -0.3 is 9.55 Å². The predicted octanol–water partition coefficient (Wildman–Crippen LogP) is 4.79. The summed E-state index contributed by atoms with van der Waals surface area (Å²) in [5.74, 6) is 1.20. The fourth-order valence-electron chi connectivity index (χ4n) is 3.52. The largest absolute Gasteiger partial charge is 0.416 e. The molecule has 0 aliphatic heterocycles. The Kier molecular flexibility index (Phi) is 4.72. The zero-order chi connectivity index (χ0) is 20.8. The molecule has 8 heteroatoms. The van der Waals surface area contributed by atoms with Crippen LogP contribution < -0.4 is 5.69 Å². The average molecular weight is 402 g/mol. The van der Waals surface area contributed by atoms with Crippen LogP contribution in [0.25, 0.3) is 22.1 Å². The van der Waals surface area contributed by atoms with Crippen molar-refractivity contribution in [1.82, 2.24) is 19.1 Å². The third-order valence-corrected chi connectivity index (χ3v) is 5.06. The zero-order valence-electron chi connectivity index (χ0n) is 16.1. The maximum absolute atomic E-state index is 13.0. The molecule has 1 N–H and O–H groups in total. The van der Waals surface area contributed by atoms with E-state index in [-0.39, 0.29) is 12.1 Å². The van der Waals surface area contributed by atoms with E-state index in [4.69, 9.17) is 0 Å². The van der Waals surface area contributed by atoms with Crippen LogP contribution in [0.3, 0.4) is 0 Å². The first-order valence-electron chi connectivity index (χ1n) is 9.48. The number of alkyl halides is 3. The molecule has 0 saturated heterocycles. The molecule has 0 aliphatic rings. The van der Waals surface area contributed by atoms with Crippen LogP contribution in [0.5, 0.6) is 0 Å². The van der Waals surface area contributed by atoms with Gasteiger partial charge in [0.2, 0.25) is 0 Å². The van der Waals surface area contributed by atoms with Gasteiger partial charge in [-0.05, 0) is 42.7 Å². The summed E-state index contributed by atoms with van der Waals surface area (Å²) in [5, 5.41) is 0. The van der Waals surface area contributed by atoms with Crippen LogP contribution in [0.15, 0.2) is 47.3 Å². The molecule has 29 heavy (non-hydrogen) atoms. The minimum absolute atomic E-state index is 0.162. The lowest BCUT2D eigenvalue weighted by Gasteiger charge is -2.12. The Morgan fingerprint density at radius 1 is 1.07 bits per heavy atom. The molecule has 0 unspecified atom stereocenters. The van der Waals surface area contributed by atoms with E-state index in [9.17, 15) is 18.0 Å². The van der Waals surface area contributed by atoms with Crippen molar-refractivity contribution >= 4 is 22.1 Å². The molecule has 0 atom stereocenters. The summed E-state index contributed by atoms with van der Waals surface area (Å²) >= 11 is 0. The number of rotatable bonds is 5. The molecule has 2 heterocycles. The van der Waals surface area contributed by atoms with Gasteiger partial charge in [-0.2, -0.15) is 13.2 Å². The van der Waals surface area contributed by atoms with Gasteiger partial charge >= 0.3 is 11.9 Å². The van der Waals surface area contributed by atoms with Crippen LogP contribution in [0, 0.1) is 5.92 Å². The summed E-state index contributed by atoms with van der Waals surface area (Å²) in [7, 11) is 0. The molecule has 4 aromatic rings. The van der Waals surface area contributed by atoms with E-state index >= 15 is 0 Å². The topological polar surface area (TPSA) is 55.6 Å². The van der Waals surface area contributed by atoms with Crippen molar-refractivity contribution in [1.29, 1.82) is 0 Å². The number of aromatic amines is 1. The Bertz CT molecular complexity index is 1230. The van der Waals surface area contributed by atoms with E-state index in [1.807, 2.05) is 24.3 Å². The molecular weight excluding hydrogens is 381 g/mol. The van der Waals surface area contributed by atoms with Gasteiger partial charge in [-0.25, -0.2) is 9.78 Å². The number of hydrogen-bond donors (Lipinski definition) is 1. The smallest absolute Gasteiger partial charge is 0.326 e. The average Bonchev–Trinajstić information content (AvgIpc) is 3.16. The Hall–Kier alpha value is -3.03. The Balaban J connectivity index is 1.79. The number of imidazole rings is 2. The van der Waals surface area contributed by atoms with Gasteiger partial charge in [-0.15, -0.1) is 0 Å². The van der Waals surface area contributed by atoms with Crippen molar-refractivity contribution in [2.45, 2.75) is 39.5 Å². The summed E-state index contributed by atoms with van der Waals surface area (Å²) in [6.45, 7) is 5.21. The summed E-state index contributed by atoms with van der Waals surface area (Å²) in [6.07, 6.45) is -3.51. The standard InChI is InChI=1S/C21H21F3N4O/c1-13(2)9-10-27-17-6-4-3-5-15(17)25-19(27)12-28-18-8-7-14(21(22,23)24)11-16(18)26-20(28)29/h3-8,11,13H,9-10,12H2,1-2H3,(H,26,29). The fraction of sp³-hybridized carbons (Fsp3) is 0.333. The van der Waals surface area contributed by atoms with Crippen LogP contribution in [0.4, 0.5) is 13.2 Å². The summed E-state index contributed by atoms with van der Waals surface area (Å²) in [4.78, 5) is 19.7. The third kappa shape index (κ3) is 3.66. The van der Waals surface area contributed by atoms with Crippen LogP contribution in [-0.2, 0) is 19.3 Å². The minimum atomic E-state index is -4.46. The normalized spacial score (nSPS) is 12.5. The SMILES string of the molecule is CC(C)CCn1c(Cn2c(=O)[nH]c3cc(C(F)(F)F)ccc32)nc2ccccc21. The first kappa shape index (κ1) is 19.3. The molecule has 0 saturated carbocycles. The van der Waals surface area contributed by atoms with Crippen molar-refractivity contribution in [3.63, 3.8) is 0 Å². The van der Waals surface area contributed by atoms with Gasteiger partial charge in [0.1, 0.15) is 5.82 Å². The van der Waals surface area contributed by atoms with Gasteiger partial charge in [-0.1, -0.05) is 26.0 Å². The third-order valence-electron chi connectivity index (χ3n) is 5.06. The number of para-hydroxylation sites is 2. The highest BCUT2D eigenvalue weighted by Gasteiger charge is 2.31. The van der Waals surface area contributed by atoms with Gasteiger partial charge in [0.15, 0.2) is 0 Å². The van der Waals surface area contributed by atoms with Crippen molar-refractivity contribution in [2.24, 2.45) is 5.92 Å². The number of nitrogens with zero attached hydrogens (tertiary/aromatic N) is 3. The van der Waals surface area contributed by atoms with E-state index in [2.05, 4.69) is 28.4 Å². The molecule has 0 spiro atoms. The molecule has 5 nitrogen and oxygen atoms in total. The molecule has 0 radical (unpaired) electrons. The molecule has 0 bridgehead atoms. The van der Waals surface area contributed by atoms with Crippen molar-refractivity contribution < 1.29 is 13.2 Å². The van der Waals surface area contributed by atoms with E-state index in [0.29, 0.717) is 17.3 Å². The number of benzene rings is 2. The Labute approximate surface area is 164 Å². The second kappa shape index (κ2) is 7.09. The molecule has 0 aliphatic carbocycles. The van der Waals surface area contributed by atoms with Crippen LogP contribution >= 0.6 is 0 Å². The summed E-state index contributed by atoms with van der Waals surface area (Å²) in [6, 6.07) is 11.0. The second-order valence-corrected chi connectivity index (χ2v) is 7.60. The number of H-pyrrole nitrogens is 1. The molecule has 2 aromatic carbocycles. The Morgan fingerprint density at radius 3 is 2.55 bits per heavy atom. The van der Waals surface area contributed by atoms with E-state index in [1.165, 1.54) is 10.6 Å². The van der Waals surface area contributed by atoms with E-state index in [1.54, 1.807) is 0 Å². The lowest BCUT2D eigenvalue weighted by Crippen LogP contribution is -2.20. The van der Waals surface area contributed by atoms with Crippen LogP contribution in [0.2, 0.25) is 0 Å². The Morgan fingerprint density at radius 2 is 1.83 bits per heavy atom. The number of aryl methyl sites for hydroxylation is 1. The quantitative estimate of drug-likeness (QED) is 0.522. The van der Waals surface area contributed by atoms with Crippen molar-refractivity contribution in [2.75, 3.05) is 0 Å². The van der Waals surface area contributed by atoms with Gasteiger partial charge in [-0.3, -0.25) is 4.57 Å². The van der Waals surface area contributed by atoms with Crippen molar-refractivity contribution in [3.8, 4) is 0 Å². The highest BCUT2D eigenvalue weighted by Crippen LogP contribution is 2.31. The van der Waals surface area contributed by atoms with E-state index in [0.717, 1.165) is 36.1 Å². The lowest BCUT2D eigenvalue weighted by atomic mass is 10.1. The molecular formula is C21H21F3N4O. The molecule has 0 fully saturated rings. The monoisotopic (exact) mass is 402 g/mol. The molecule has 152 valence electrons. The molecule has 4 rings (SSSR count). The van der Waals surface area contributed by atoms with Crippen LogP contribution in [-0.4, -0.2) is 19.1 Å². The first-order chi connectivity index (χ1) is 13.7. The van der Waals surface area contributed by atoms with Gasteiger partial charge in [0, 0.05) is 6.54 Å². The molecule has 2 aromatic heterocycles. The maximum atomic E-state index is 13.0. The minimum Gasteiger partial charge on any atom is -0.326 e. The highest BCUT2D eigenvalue weighted by atomic mass is 19.4. The maximum Gasteiger partial charge on any atom is 0.416 e. The number of aromatic nitrogens is 4. The molecule has 0 amide bonds. The van der Waals surface area contributed by atoms with Gasteiger partial charge in [0.05, 0.1) is 34.2 Å². The number of nitrogens with one attached hydrogen (secondary N) is 1. The number of hydrogen-bond acceptors (Lipinski definition) is 2. The number of fused-ring (bicyclic) bond motifs is 2. The van der Waals surface area contributed by atoms with Crippen LogP contribution in [0.1, 0.15) is 31.7 Å². The second-order valence-electron chi connectivity index (χ2n) is 7.60. The summed E-state index contributed by atoms with van der Waals surface area (Å²) in [5.41, 5.74) is 1.15. The lowest BCUT2D eigenvalue weighted by molar-refractivity contribution is -0.137. The van der Waals surface area contributed by atoms with E-state index < -0.39 is 17.4 Å².